The molecule has 0 bridgehead atoms. The van der Waals surface area contributed by atoms with Crippen molar-refractivity contribution in [2.75, 3.05) is 6.61 Å². The van der Waals surface area contributed by atoms with Gasteiger partial charge in [0, 0.05) is 0 Å². The van der Waals surface area contributed by atoms with Crippen LogP contribution >= 0.6 is 38.6 Å². The standard InChI is InChI=1S/C16H12BrFN2O3S2/c1-2-23-13(21)8-20-14-9(18)4-3-5-10(14)25-16(20)19-15(22)11-6-7-12(17)24-11/h3-7H,2,8H2,1H3. The van der Waals surface area contributed by atoms with E-state index in [1.807, 2.05) is 0 Å². The second kappa shape index (κ2) is 7.59. The third-order valence-electron chi connectivity index (χ3n) is 3.23. The number of thiophene rings is 1. The molecular weight excluding hydrogens is 431 g/mol. The van der Waals surface area contributed by atoms with Crippen molar-refractivity contribution < 1.29 is 18.7 Å². The molecule has 3 aromatic rings. The summed E-state index contributed by atoms with van der Waals surface area (Å²) in [4.78, 5) is 29.0. The number of hydrogen-bond donors (Lipinski definition) is 0. The Morgan fingerprint density at radius 1 is 1.28 bits per heavy atom. The Labute approximate surface area is 158 Å². The number of hydrogen-bond acceptors (Lipinski definition) is 5. The molecule has 5 nitrogen and oxygen atoms in total. The molecule has 1 amide bonds. The van der Waals surface area contributed by atoms with Gasteiger partial charge in [0.25, 0.3) is 5.91 Å². The largest absolute Gasteiger partial charge is 0.465 e. The smallest absolute Gasteiger partial charge is 0.326 e. The van der Waals surface area contributed by atoms with Crippen molar-refractivity contribution in [3.8, 4) is 0 Å². The third-order valence-corrected chi connectivity index (χ3v) is 5.88. The second-order valence-electron chi connectivity index (χ2n) is 4.88. The van der Waals surface area contributed by atoms with Crippen molar-refractivity contribution in [3.63, 3.8) is 0 Å². The number of halogens is 2. The average molecular weight is 443 g/mol. The molecule has 0 aliphatic heterocycles. The number of carbonyl (C=O) groups excluding carboxylic acids is 2. The van der Waals surface area contributed by atoms with Gasteiger partial charge in [0.2, 0.25) is 0 Å². The molecule has 0 unspecified atom stereocenters. The number of nitrogens with zero attached hydrogens (tertiary/aromatic N) is 2. The van der Waals surface area contributed by atoms with Crippen molar-refractivity contribution in [2.24, 2.45) is 4.99 Å². The number of ether oxygens (including phenoxy) is 1. The zero-order valence-corrected chi connectivity index (χ0v) is 16.2. The molecule has 0 spiro atoms. The minimum atomic E-state index is -0.516. The molecule has 0 N–H and O–H groups in total. The van der Waals surface area contributed by atoms with Crippen LogP contribution in [0.3, 0.4) is 0 Å². The van der Waals surface area contributed by atoms with Crippen LogP contribution in [0.15, 0.2) is 39.1 Å². The van der Waals surface area contributed by atoms with Crippen LogP contribution in [0, 0.1) is 5.82 Å². The van der Waals surface area contributed by atoms with Gasteiger partial charge >= 0.3 is 5.97 Å². The highest BCUT2D eigenvalue weighted by atomic mass is 79.9. The molecule has 0 saturated heterocycles. The predicted octanol–water partition coefficient (Wildman–Crippen LogP) is 3.97. The SMILES string of the molecule is CCOC(=O)Cn1c(=NC(=O)c2ccc(Br)s2)sc2cccc(F)c21. The maximum Gasteiger partial charge on any atom is 0.326 e. The van der Waals surface area contributed by atoms with Crippen molar-refractivity contribution in [1.29, 1.82) is 0 Å². The summed E-state index contributed by atoms with van der Waals surface area (Å²) in [6, 6.07) is 8.01. The molecule has 0 aliphatic rings. The highest BCUT2D eigenvalue weighted by Crippen LogP contribution is 2.23. The summed E-state index contributed by atoms with van der Waals surface area (Å²) in [6.07, 6.45) is 0. The number of rotatable bonds is 4. The quantitative estimate of drug-likeness (QED) is 0.574. The van der Waals surface area contributed by atoms with E-state index in [-0.39, 0.29) is 23.5 Å². The predicted molar refractivity (Wildman–Crippen MR) is 98.3 cm³/mol. The maximum atomic E-state index is 14.3. The van der Waals surface area contributed by atoms with E-state index in [1.165, 1.54) is 22.0 Å². The number of thiazole rings is 1. The van der Waals surface area contributed by atoms with E-state index < -0.39 is 17.7 Å². The molecule has 25 heavy (non-hydrogen) atoms. The molecule has 1 aromatic carbocycles. The van der Waals surface area contributed by atoms with Gasteiger partial charge in [-0.15, -0.1) is 11.3 Å². The van der Waals surface area contributed by atoms with Crippen LogP contribution in [0.4, 0.5) is 4.39 Å². The summed E-state index contributed by atoms with van der Waals surface area (Å²) in [5, 5.41) is 0. The fourth-order valence-corrected chi connectivity index (χ4v) is 4.54. The van der Waals surface area contributed by atoms with Crippen LogP contribution in [-0.4, -0.2) is 23.1 Å². The summed E-state index contributed by atoms with van der Waals surface area (Å²) in [6.45, 7) is 1.70. The van der Waals surface area contributed by atoms with E-state index in [4.69, 9.17) is 4.74 Å². The normalized spacial score (nSPS) is 11.9. The van der Waals surface area contributed by atoms with Crippen molar-refractivity contribution >= 4 is 60.7 Å². The van der Waals surface area contributed by atoms with Gasteiger partial charge in [0.05, 0.1) is 25.5 Å². The Balaban J connectivity index is 2.13. The lowest BCUT2D eigenvalue weighted by Crippen LogP contribution is -2.23. The van der Waals surface area contributed by atoms with Crippen LogP contribution in [-0.2, 0) is 16.1 Å². The lowest BCUT2D eigenvalue weighted by Gasteiger charge is -2.05. The molecular formula is C16H12BrFN2O3S2. The second-order valence-corrected chi connectivity index (χ2v) is 8.36. The first kappa shape index (κ1) is 18.0. The molecule has 130 valence electrons. The van der Waals surface area contributed by atoms with Crippen molar-refractivity contribution in [3.05, 3.63) is 49.6 Å². The molecule has 3 rings (SSSR count). The number of benzene rings is 1. The average Bonchev–Trinajstić information content (AvgIpc) is 3.13. The lowest BCUT2D eigenvalue weighted by molar-refractivity contribution is -0.143. The summed E-state index contributed by atoms with van der Waals surface area (Å²) in [5.74, 6) is -1.44. The highest BCUT2D eigenvalue weighted by Gasteiger charge is 2.16. The first-order chi connectivity index (χ1) is 12.0. The summed E-state index contributed by atoms with van der Waals surface area (Å²) in [5.41, 5.74) is 0.236. The zero-order valence-electron chi connectivity index (χ0n) is 13.0. The van der Waals surface area contributed by atoms with Gasteiger partial charge in [0.1, 0.15) is 12.4 Å². The van der Waals surface area contributed by atoms with Gasteiger partial charge in [-0.05, 0) is 47.1 Å². The molecule has 9 heteroatoms. The third kappa shape index (κ3) is 3.88. The molecule has 0 fully saturated rings. The van der Waals surface area contributed by atoms with Gasteiger partial charge in [0.15, 0.2) is 4.80 Å². The van der Waals surface area contributed by atoms with Crippen LogP contribution < -0.4 is 4.80 Å². The molecule has 0 saturated carbocycles. The van der Waals surface area contributed by atoms with Gasteiger partial charge in [-0.2, -0.15) is 4.99 Å². The fourth-order valence-electron chi connectivity index (χ4n) is 2.23. The topological polar surface area (TPSA) is 60.7 Å². The van der Waals surface area contributed by atoms with Crippen LogP contribution in [0.25, 0.3) is 10.2 Å². The molecule has 2 heterocycles. The molecule has 0 radical (unpaired) electrons. The summed E-state index contributed by atoms with van der Waals surface area (Å²) >= 11 is 5.70. The minimum Gasteiger partial charge on any atom is -0.465 e. The van der Waals surface area contributed by atoms with E-state index in [1.54, 1.807) is 31.2 Å². The zero-order chi connectivity index (χ0) is 18.0. The molecule has 0 aliphatic carbocycles. The van der Waals surface area contributed by atoms with E-state index in [0.717, 1.165) is 15.1 Å². The maximum absolute atomic E-state index is 14.3. The number of esters is 1. The molecule has 0 atom stereocenters. The number of carbonyl (C=O) groups is 2. The van der Waals surface area contributed by atoms with Crippen LogP contribution in [0.1, 0.15) is 16.6 Å². The first-order valence-corrected chi connectivity index (χ1v) is 9.70. The summed E-state index contributed by atoms with van der Waals surface area (Å²) in [7, 11) is 0. The monoisotopic (exact) mass is 442 g/mol. The molecule has 2 aromatic heterocycles. The van der Waals surface area contributed by atoms with Gasteiger partial charge in [-0.1, -0.05) is 17.4 Å². The highest BCUT2D eigenvalue weighted by molar-refractivity contribution is 9.11. The lowest BCUT2D eigenvalue weighted by atomic mass is 10.3. The minimum absolute atomic E-state index is 0.213. The number of aromatic nitrogens is 1. The van der Waals surface area contributed by atoms with Gasteiger partial charge in [-0.25, -0.2) is 4.39 Å². The van der Waals surface area contributed by atoms with Crippen molar-refractivity contribution in [1.82, 2.24) is 4.57 Å². The van der Waals surface area contributed by atoms with Gasteiger partial charge in [-0.3, -0.25) is 9.59 Å². The van der Waals surface area contributed by atoms with E-state index >= 15 is 0 Å². The number of amides is 1. The number of fused-ring (bicyclic) bond motifs is 1. The number of para-hydroxylation sites is 1. The van der Waals surface area contributed by atoms with Crippen LogP contribution in [0.2, 0.25) is 0 Å². The Morgan fingerprint density at radius 3 is 2.76 bits per heavy atom. The fraction of sp³-hybridized carbons (Fsp3) is 0.188. The van der Waals surface area contributed by atoms with E-state index in [0.29, 0.717) is 9.58 Å². The van der Waals surface area contributed by atoms with Crippen LogP contribution in [0.5, 0.6) is 0 Å². The Kier molecular flexibility index (Phi) is 5.45. The van der Waals surface area contributed by atoms with Crippen molar-refractivity contribution in [2.45, 2.75) is 13.5 Å². The Morgan fingerprint density at radius 2 is 2.08 bits per heavy atom. The van der Waals surface area contributed by atoms with E-state index in [2.05, 4.69) is 20.9 Å². The first-order valence-electron chi connectivity index (χ1n) is 7.27. The Bertz CT molecular complexity index is 1020. The van der Waals surface area contributed by atoms with E-state index in [9.17, 15) is 14.0 Å². The Hall–Kier alpha value is -1.84. The van der Waals surface area contributed by atoms with Gasteiger partial charge < -0.3 is 9.30 Å². The summed E-state index contributed by atoms with van der Waals surface area (Å²) < 4.78 is 22.0.